The van der Waals surface area contributed by atoms with Crippen LogP contribution in [0.5, 0.6) is 0 Å². The molecule has 1 N–H and O–H groups in total. The van der Waals surface area contributed by atoms with E-state index in [1.165, 1.54) is 15.2 Å². The van der Waals surface area contributed by atoms with Crippen LogP contribution in [0, 0.1) is 6.92 Å². The third-order valence-electron chi connectivity index (χ3n) is 5.49. The monoisotopic (exact) mass is 356 g/mol. The van der Waals surface area contributed by atoms with Crippen molar-refractivity contribution in [3.05, 3.63) is 11.9 Å². The number of aliphatic hydroxyl groups is 1. The van der Waals surface area contributed by atoms with Crippen molar-refractivity contribution < 1.29 is 13.5 Å². The molecule has 0 aromatic carbocycles. The number of nitrogens with zero attached hydrogens (tertiary/aromatic N) is 4. The molecule has 24 heavy (non-hydrogen) atoms. The fourth-order valence-electron chi connectivity index (χ4n) is 4.17. The van der Waals surface area contributed by atoms with Crippen molar-refractivity contribution in [2.24, 2.45) is 7.05 Å². The smallest absolute Gasteiger partial charge is 0.246 e. The second-order valence-corrected chi connectivity index (χ2v) is 9.04. The van der Waals surface area contributed by atoms with Crippen molar-refractivity contribution >= 4 is 10.0 Å². The molecule has 2 fully saturated rings. The van der Waals surface area contributed by atoms with Crippen molar-refractivity contribution in [2.45, 2.75) is 62.1 Å². The van der Waals surface area contributed by atoms with Gasteiger partial charge >= 0.3 is 0 Å². The van der Waals surface area contributed by atoms with E-state index >= 15 is 0 Å². The molecule has 0 spiro atoms. The van der Waals surface area contributed by atoms with Gasteiger partial charge in [0, 0.05) is 26.3 Å². The fraction of sp³-hybridized carbons (Fsp3) is 0.812. The molecule has 3 atom stereocenters. The summed E-state index contributed by atoms with van der Waals surface area (Å²) in [7, 11) is -0.358. The van der Waals surface area contributed by atoms with E-state index in [0.717, 1.165) is 38.8 Å². The van der Waals surface area contributed by atoms with Gasteiger partial charge in [0.15, 0.2) is 0 Å². The van der Waals surface area contributed by atoms with Crippen LogP contribution in [0.25, 0.3) is 0 Å². The minimum absolute atomic E-state index is 0.0684. The first-order chi connectivity index (χ1) is 11.3. The molecule has 0 amide bonds. The van der Waals surface area contributed by atoms with Gasteiger partial charge in [0.05, 0.1) is 17.8 Å². The molecule has 1 aromatic rings. The molecule has 7 nitrogen and oxygen atoms in total. The Morgan fingerprint density at radius 2 is 1.92 bits per heavy atom. The average molecular weight is 356 g/mol. The number of aromatic nitrogens is 2. The van der Waals surface area contributed by atoms with Crippen LogP contribution in [0.15, 0.2) is 11.1 Å². The predicted octanol–water partition coefficient (Wildman–Crippen LogP) is 0.727. The van der Waals surface area contributed by atoms with Crippen LogP contribution >= 0.6 is 0 Å². The van der Waals surface area contributed by atoms with Crippen molar-refractivity contribution in [1.29, 1.82) is 0 Å². The van der Waals surface area contributed by atoms with Crippen molar-refractivity contribution in [1.82, 2.24) is 19.0 Å². The summed E-state index contributed by atoms with van der Waals surface area (Å²) >= 11 is 0. The Bertz CT molecular complexity index is 681. The summed E-state index contributed by atoms with van der Waals surface area (Å²) in [4.78, 5) is 2.55. The van der Waals surface area contributed by atoms with Gasteiger partial charge in [-0.25, -0.2) is 8.42 Å². The van der Waals surface area contributed by atoms with Gasteiger partial charge in [-0.05, 0) is 45.7 Å². The molecule has 1 aliphatic carbocycles. The number of aryl methyl sites for hydroxylation is 2. The lowest BCUT2D eigenvalue weighted by Crippen LogP contribution is -2.56. The van der Waals surface area contributed by atoms with Crippen LogP contribution in [0.4, 0.5) is 0 Å². The quantitative estimate of drug-likeness (QED) is 0.860. The molecular weight excluding hydrogens is 328 g/mol. The van der Waals surface area contributed by atoms with E-state index in [2.05, 4.69) is 10.00 Å². The van der Waals surface area contributed by atoms with E-state index in [-0.39, 0.29) is 17.0 Å². The molecule has 2 heterocycles. The van der Waals surface area contributed by atoms with Gasteiger partial charge in [0.25, 0.3) is 0 Å². The van der Waals surface area contributed by atoms with Gasteiger partial charge in [-0.15, -0.1) is 0 Å². The van der Waals surface area contributed by atoms with Crippen LogP contribution in [0.3, 0.4) is 0 Å². The van der Waals surface area contributed by atoms with Crippen molar-refractivity contribution in [2.75, 3.05) is 20.1 Å². The highest BCUT2D eigenvalue weighted by Gasteiger charge is 2.42. The topological polar surface area (TPSA) is 78.7 Å². The lowest BCUT2D eigenvalue weighted by atomic mass is 9.87. The molecule has 2 aliphatic rings. The highest BCUT2D eigenvalue weighted by Crippen LogP contribution is 2.31. The van der Waals surface area contributed by atoms with Gasteiger partial charge in [0.1, 0.15) is 4.90 Å². The van der Waals surface area contributed by atoms with Gasteiger partial charge in [-0.3, -0.25) is 9.58 Å². The molecule has 0 radical (unpaired) electrons. The number of likely N-dealkylation sites (tertiary alicyclic amines) is 1. The number of rotatable bonds is 4. The Balaban J connectivity index is 1.82. The zero-order valence-electron chi connectivity index (χ0n) is 14.7. The molecular formula is C16H28N4O3S. The minimum atomic E-state index is -3.66. The molecule has 3 rings (SSSR count). The first kappa shape index (κ1) is 17.8. The lowest BCUT2D eigenvalue weighted by molar-refractivity contribution is -0.0104. The van der Waals surface area contributed by atoms with E-state index < -0.39 is 16.1 Å². The Labute approximate surface area is 144 Å². The largest absolute Gasteiger partial charge is 0.390 e. The molecule has 1 aliphatic heterocycles. The Morgan fingerprint density at radius 1 is 1.25 bits per heavy atom. The molecule has 0 bridgehead atoms. The van der Waals surface area contributed by atoms with Gasteiger partial charge in [0.2, 0.25) is 10.0 Å². The zero-order valence-corrected chi connectivity index (χ0v) is 15.5. The van der Waals surface area contributed by atoms with Gasteiger partial charge in [-0.2, -0.15) is 9.40 Å². The molecule has 1 saturated heterocycles. The van der Waals surface area contributed by atoms with Gasteiger partial charge in [-0.1, -0.05) is 6.42 Å². The van der Waals surface area contributed by atoms with E-state index in [1.54, 1.807) is 21.0 Å². The van der Waals surface area contributed by atoms with E-state index in [4.69, 9.17) is 0 Å². The third-order valence-corrected chi connectivity index (χ3v) is 7.48. The highest BCUT2D eigenvalue weighted by molar-refractivity contribution is 7.89. The predicted molar refractivity (Wildman–Crippen MR) is 91.1 cm³/mol. The maximum atomic E-state index is 13.0. The summed E-state index contributed by atoms with van der Waals surface area (Å²) < 4.78 is 28.9. The Kier molecular flexibility index (Phi) is 5.01. The molecule has 0 unspecified atom stereocenters. The summed E-state index contributed by atoms with van der Waals surface area (Å²) in [5.74, 6) is 0. The number of hydrogen-bond acceptors (Lipinski definition) is 5. The van der Waals surface area contributed by atoms with Gasteiger partial charge < -0.3 is 5.11 Å². The molecule has 1 aromatic heterocycles. The summed E-state index contributed by atoms with van der Waals surface area (Å²) in [5.41, 5.74) is 0.491. The van der Waals surface area contributed by atoms with E-state index in [9.17, 15) is 13.5 Å². The third kappa shape index (κ3) is 3.12. The number of hydrogen-bond donors (Lipinski definition) is 1. The first-order valence-corrected chi connectivity index (χ1v) is 10.2. The molecule has 8 heteroatoms. The maximum absolute atomic E-state index is 13.0. The summed E-state index contributed by atoms with van der Waals surface area (Å²) in [6, 6.07) is -0.312. The molecule has 136 valence electrons. The zero-order chi connectivity index (χ0) is 17.5. The van der Waals surface area contributed by atoms with Crippen molar-refractivity contribution in [3.8, 4) is 0 Å². The molecule has 1 saturated carbocycles. The second-order valence-electron chi connectivity index (χ2n) is 7.07. The number of sulfonamides is 1. The van der Waals surface area contributed by atoms with E-state index in [0.29, 0.717) is 12.1 Å². The summed E-state index contributed by atoms with van der Waals surface area (Å²) in [6.07, 6.45) is 5.79. The van der Waals surface area contributed by atoms with Crippen LogP contribution in [0.2, 0.25) is 0 Å². The second kappa shape index (κ2) is 6.74. The van der Waals surface area contributed by atoms with E-state index in [1.807, 2.05) is 0 Å². The average Bonchev–Trinajstić information content (AvgIpc) is 3.16. The number of likely N-dealkylation sites (N-methyl/N-ethyl adjacent to an activating group) is 1. The number of aliphatic hydroxyl groups excluding tert-OH is 1. The normalized spacial score (nSPS) is 29.5. The first-order valence-electron chi connectivity index (χ1n) is 8.73. The SMILES string of the molecule is Cc1nn(C)cc1S(=O)(=O)N(C)[C@@H]1CCC[C@@H](N2CCCC2)[C@@H]1O. The summed E-state index contributed by atoms with van der Waals surface area (Å²) in [5, 5.41) is 15.0. The highest BCUT2D eigenvalue weighted by atomic mass is 32.2. The van der Waals surface area contributed by atoms with Crippen LogP contribution < -0.4 is 0 Å². The van der Waals surface area contributed by atoms with Crippen LogP contribution in [0.1, 0.15) is 37.8 Å². The fourth-order valence-corrected chi connectivity index (χ4v) is 5.76. The Morgan fingerprint density at radius 3 is 2.50 bits per heavy atom. The van der Waals surface area contributed by atoms with Crippen LogP contribution in [-0.2, 0) is 17.1 Å². The lowest BCUT2D eigenvalue weighted by Gasteiger charge is -2.42. The summed E-state index contributed by atoms with van der Waals surface area (Å²) in [6.45, 7) is 3.71. The standard InChI is InChI=1S/C16H28N4O3S/c1-12-15(11-18(2)17-12)24(22,23)19(3)13-7-6-8-14(16(13)21)20-9-4-5-10-20/h11,13-14,16,21H,4-10H2,1-3H3/t13-,14-,16-/m1/s1. The Hall–Kier alpha value is -0.960. The minimum Gasteiger partial charge on any atom is -0.390 e. The maximum Gasteiger partial charge on any atom is 0.246 e. The van der Waals surface area contributed by atoms with Crippen LogP contribution in [-0.4, -0.2) is 70.8 Å². The van der Waals surface area contributed by atoms with Crippen molar-refractivity contribution in [3.63, 3.8) is 0 Å².